The quantitative estimate of drug-likeness (QED) is 0.798. The normalized spacial score (nSPS) is 14.5. The predicted octanol–water partition coefficient (Wildman–Crippen LogP) is 2.35. The van der Waals surface area contributed by atoms with Gasteiger partial charge >= 0.3 is 5.69 Å². The van der Waals surface area contributed by atoms with Crippen LogP contribution in [0.25, 0.3) is 0 Å². The van der Waals surface area contributed by atoms with E-state index in [9.17, 15) is 14.4 Å². The van der Waals surface area contributed by atoms with E-state index in [1.165, 1.54) is 9.47 Å². The van der Waals surface area contributed by atoms with Gasteiger partial charge in [0.05, 0.1) is 6.54 Å². The number of hydrogen-bond acceptors (Lipinski definition) is 4. The molecule has 3 rings (SSSR count). The number of nitrogens with zero attached hydrogens (tertiary/aromatic N) is 2. The third-order valence-corrected chi connectivity index (χ3v) is 5.19. The molecule has 1 aliphatic carbocycles. The largest absolute Gasteiger partial charge is 0.383 e. The van der Waals surface area contributed by atoms with Crippen LogP contribution >= 0.6 is 0 Å². The first kappa shape index (κ1) is 19.9. The molecule has 0 spiro atoms. The number of aromatic amines is 1. The Morgan fingerprint density at radius 3 is 2.46 bits per heavy atom. The van der Waals surface area contributed by atoms with Crippen LogP contribution in [0.2, 0.25) is 0 Å². The Morgan fingerprint density at radius 1 is 1.21 bits per heavy atom. The standard InChI is InChI=1S/C21H28N4O3/c1-14(2)12-24(20(27)16-10-6-7-11-16)17-18(22)25(21(28)23-19(17)26)13-15-8-4-3-5-9-15/h3-5,8-9,14,16H,6-7,10-13,22H2,1-2H3,(H,23,26,28). The molecule has 1 aliphatic rings. The van der Waals surface area contributed by atoms with Crippen LogP contribution in [0.15, 0.2) is 39.9 Å². The summed E-state index contributed by atoms with van der Waals surface area (Å²) in [6.45, 7) is 4.58. The van der Waals surface area contributed by atoms with E-state index in [2.05, 4.69) is 4.98 Å². The number of rotatable bonds is 6. The number of nitrogen functional groups attached to an aromatic ring is 1. The van der Waals surface area contributed by atoms with Crippen molar-refractivity contribution in [3.05, 3.63) is 56.7 Å². The molecule has 0 aliphatic heterocycles. The molecule has 7 heteroatoms. The van der Waals surface area contributed by atoms with Crippen LogP contribution in [-0.4, -0.2) is 22.0 Å². The van der Waals surface area contributed by atoms with Crippen molar-refractivity contribution in [1.82, 2.24) is 9.55 Å². The highest BCUT2D eigenvalue weighted by Gasteiger charge is 2.31. The van der Waals surface area contributed by atoms with Crippen molar-refractivity contribution in [2.45, 2.75) is 46.1 Å². The van der Waals surface area contributed by atoms with Gasteiger partial charge in [-0.05, 0) is 24.3 Å². The molecule has 0 radical (unpaired) electrons. The van der Waals surface area contributed by atoms with Crippen LogP contribution in [0, 0.1) is 11.8 Å². The minimum atomic E-state index is -0.612. The van der Waals surface area contributed by atoms with Gasteiger partial charge in [-0.25, -0.2) is 4.79 Å². The maximum absolute atomic E-state index is 13.2. The SMILES string of the molecule is CC(C)CN(C(=O)C1CCCC1)c1c(N)n(Cc2ccccc2)c(=O)[nH]c1=O. The first-order valence-corrected chi connectivity index (χ1v) is 9.86. The van der Waals surface area contributed by atoms with Gasteiger partial charge in [0.25, 0.3) is 5.56 Å². The number of nitrogens with one attached hydrogen (secondary N) is 1. The third-order valence-electron chi connectivity index (χ3n) is 5.19. The predicted molar refractivity (Wildman–Crippen MR) is 110 cm³/mol. The van der Waals surface area contributed by atoms with Crippen molar-refractivity contribution in [3.8, 4) is 0 Å². The van der Waals surface area contributed by atoms with E-state index in [1.54, 1.807) is 0 Å². The second-order valence-electron chi connectivity index (χ2n) is 7.89. The van der Waals surface area contributed by atoms with Crippen LogP contribution in [0.4, 0.5) is 11.5 Å². The van der Waals surface area contributed by atoms with Gasteiger partial charge < -0.3 is 10.6 Å². The van der Waals surface area contributed by atoms with Crippen LogP contribution in [-0.2, 0) is 11.3 Å². The molecule has 1 saturated carbocycles. The van der Waals surface area contributed by atoms with Crippen LogP contribution in [0.1, 0.15) is 45.1 Å². The molecule has 0 unspecified atom stereocenters. The van der Waals surface area contributed by atoms with E-state index in [-0.39, 0.29) is 35.8 Å². The molecule has 150 valence electrons. The topological polar surface area (TPSA) is 101 Å². The Balaban J connectivity index is 2.06. The van der Waals surface area contributed by atoms with Crippen molar-refractivity contribution in [2.24, 2.45) is 11.8 Å². The summed E-state index contributed by atoms with van der Waals surface area (Å²) in [5.41, 5.74) is 6.07. The molecule has 0 saturated heterocycles. The molecule has 1 aromatic carbocycles. The lowest BCUT2D eigenvalue weighted by Crippen LogP contribution is -2.44. The molecule has 0 atom stereocenters. The van der Waals surface area contributed by atoms with E-state index in [0.717, 1.165) is 31.2 Å². The Morgan fingerprint density at radius 2 is 1.86 bits per heavy atom. The first-order chi connectivity index (χ1) is 13.4. The smallest absolute Gasteiger partial charge is 0.330 e. The van der Waals surface area contributed by atoms with Crippen molar-refractivity contribution < 1.29 is 4.79 Å². The second kappa shape index (κ2) is 8.46. The highest BCUT2D eigenvalue weighted by atomic mass is 16.2. The Bertz CT molecular complexity index is 940. The number of hydrogen-bond donors (Lipinski definition) is 2. The minimum Gasteiger partial charge on any atom is -0.383 e. The maximum atomic E-state index is 13.2. The summed E-state index contributed by atoms with van der Waals surface area (Å²) in [7, 11) is 0. The molecule has 1 aromatic heterocycles. The van der Waals surface area contributed by atoms with E-state index < -0.39 is 11.2 Å². The number of amides is 1. The summed E-state index contributed by atoms with van der Waals surface area (Å²) in [6, 6.07) is 9.40. The van der Waals surface area contributed by atoms with E-state index in [1.807, 2.05) is 44.2 Å². The zero-order valence-corrected chi connectivity index (χ0v) is 16.5. The van der Waals surface area contributed by atoms with Crippen molar-refractivity contribution in [1.29, 1.82) is 0 Å². The number of benzene rings is 1. The van der Waals surface area contributed by atoms with Crippen molar-refractivity contribution in [3.63, 3.8) is 0 Å². The molecule has 2 aromatic rings. The molecule has 1 amide bonds. The Labute approximate surface area is 164 Å². The summed E-state index contributed by atoms with van der Waals surface area (Å²) in [5.74, 6) is 0.0172. The molecule has 28 heavy (non-hydrogen) atoms. The molecular formula is C21H28N4O3. The lowest BCUT2D eigenvalue weighted by molar-refractivity contribution is -0.122. The van der Waals surface area contributed by atoms with Crippen LogP contribution < -0.4 is 21.9 Å². The third kappa shape index (κ3) is 4.18. The monoisotopic (exact) mass is 384 g/mol. The summed E-state index contributed by atoms with van der Waals surface area (Å²) < 4.78 is 1.32. The maximum Gasteiger partial charge on any atom is 0.330 e. The Hall–Kier alpha value is -2.83. The van der Waals surface area contributed by atoms with Gasteiger partial charge in [-0.2, -0.15) is 0 Å². The van der Waals surface area contributed by atoms with Gasteiger partial charge in [0.15, 0.2) is 5.69 Å². The number of aromatic nitrogens is 2. The number of nitrogens with two attached hydrogens (primary N) is 1. The summed E-state index contributed by atoms with van der Waals surface area (Å²) in [6.07, 6.45) is 3.69. The van der Waals surface area contributed by atoms with E-state index >= 15 is 0 Å². The van der Waals surface area contributed by atoms with Crippen LogP contribution in [0.3, 0.4) is 0 Å². The lowest BCUT2D eigenvalue weighted by Gasteiger charge is -2.28. The van der Waals surface area contributed by atoms with E-state index in [4.69, 9.17) is 5.73 Å². The first-order valence-electron chi connectivity index (χ1n) is 9.86. The average Bonchev–Trinajstić information content (AvgIpc) is 3.19. The molecule has 1 heterocycles. The van der Waals surface area contributed by atoms with Crippen molar-refractivity contribution >= 4 is 17.4 Å². The fourth-order valence-corrected chi connectivity index (χ4v) is 3.81. The van der Waals surface area contributed by atoms with E-state index in [0.29, 0.717) is 6.54 Å². The number of H-pyrrole nitrogens is 1. The van der Waals surface area contributed by atoms with Crippen molar-refractivity contribution in [2.75, 3.05) is 17.2 Å². The molecule has 3 N–H and O–H groups in total. The minimum absolute atomic E-state index is 0.0320. The zero-order valence-electron chi connectivity index (χ0n) is 16.5. The summed E-state index contributed by atoms with van der Waals surface area (Å²) in [5, 5.41) is 0. The van der Waals surface area contributed by atoms with Gasteiger partial charge in [0.2, 0.25) is 5.91 Å². The van der Waals surface area contributed by atoms with Crippen LogP contribution in [0.5, 0.6) is 0 Å². The lowest BCUT2D eigenvalue weighted by atomic mass is 10.0. The van der Waals surface area contributed by atoms with Gasteiger partial charge in [-0.15, -0.1) is 0 Å². The average molecular weight is 384 g/mol. The number of carbonyl (C=O) groups is 1. The van der Waals surface area contributed by atoms with Gasteiger partial charge in [-0.1, -0.05) is 57.0 Å². The highest BCUT2D eigenvalue weighted by molar-refractivity contribution is 5.97. The number of carbonyl (C=O) groups excluding carboxylic acids is 1. The number of anilines is 2. The molecule has 1 fully saturated rings. The summed E-state index contributed by atoms with van der Waals surface area (Å²) >= 11 is 0. The second-order valence-corrected chi connectivity index (χ2v) is 7.89. The fourth-order valence-electron chi connectivity index (χ4n) is 3.81. The Kier molecular flexibility index (Phi) is 6.02. The van der Waals surface area contributed by atoms with Gasteiger partial charge in [0.1, 0.15) is 5.82 Å². The van der Waals surface area contributed by atoms with Gasteiger partial charge in [0, 0.05) is 12.5 Å². The molecule has 7 nitrogen and oxygen atoms in total. The highest BCUT2D eigenvalue weighted by Crippen LogP contribution is 2.29. The fraction of sp³-hybridized carbons (Fsp3) is 0.476. The summed E-state index contributed by atoms with van der Waals surface area (Å²) in [4.78, 5) is 42.1. The molecular weight excluding hydrogens is 356 g/mol. The zero-order chi connectivity index (χ0) is 20.3. The van der Waals surface area contributed by atoms with Gasteiger partial charge in [-0.3, -0.25) is 19.1 Å². The molecule has 0 bridgehead atoms.